The van der Waals surface area contributed by atoms with Gasteiger partial charge < -0.3 is 16.2 Å². The minimum Gasteiger partial charge on any atom is -0.460 e. The Hall–Kier alpha value is -0.610. The van der Waals surface area contributed by atoms with Crippen LogP contribution in [0, 0.1) is 0 Å². The summed E-state index contributed by atoms with van der Waals surface area (Å²) < 4.78 is 5.24. The van der Waals surface area contributed by atoms with Crippen LogP contribution in [0.1, 0.15) is 118 Å². The number of unbranched alkanes of at least 4 members (excludes halogenated alkanes) is 11. The zero-order valence-electron chi connectivity index (χ0n) is 18.3. The third-order valence-electron chi connectivity index (χ3n) is 4.06. The first-order chi connectivity index (χ1) is 12.4. The molecule has 0 spiro atoms. The molecule has 0 aromatic heterocycles. The van der Waals surface area contributed by atoms with Crippen molar-refractivity contribution in [3.05, 3.63) is 0 Å². The molecule has 4 heteroatoms. The van der Waals surface area contributed by atoms with Gasteiger partial charge in [-0.1, -0.05) is 71.1 Å². The molecular formula is C22H48N2O2. The third-order valence-corrected chi connectivity index (χ3v) is 4.06. The number of nitrogens with two attached hydrogens (primary N) is 2. The summed E-state index contributed by atoms with van der Waals surface area (Å²) >= 11 is 0. The molecular weight excluding hydrogens is 324 g/mol. The van der Waals surface area contributed by atoms with Gasteiger partial charge in [-0.2, -0.15) is 0 Å². The first-order valence-corrected chi connectivity index (χ1v) is 11.0. The molecule has 0 heterocycles. The molecule has 0 aliphatic heterocycles. The molecule has 158 valence electrons. The van der Waals surface area contributed by atoms with E-state index in [1.54, 1.807) is 0 Å². The molecule has 0 amide bonds. The highest BCUT2D eigenvalue weighted by Gasteiger charge is 2.15. The van der Waals surface area contributed by atoms with Gasteiger partial charge in [-0.15, -0.1) is 0 Å². The zero-order valence-corrected chi connectivity index (χ0v) is 18.3. The van der Waals surface area contributed by atoms with Crippen LogP contribution in [0.2, 0.25) is 0 Å². The summed E-state index contributed by atoms with van der Waals surface area (Å²) in [4.78, 5) is 11.4. The van der Waals surface area contributed by atoms with Crippen LogP contribution in [0.4, 0.5) is 0 Å². The maximum atomic E-state index is 11.4. The molecule has 0 aromatic rings. The third kappa shape index (κ3) is 28.2. The van der Waals surface area contributed by atoms with E-state index < -0.39 is 0 Å². The predicted molar refractivity (Wildman–Crippen MR) is 114 cm³/mol. The summed E-state index contributed by atoms with van der Waals surface area (Å²) in [6.45, 7) is 9.65. The SMILES string of the molecule is CCCCCCCCCC(=O)OC(C)(C)C.NCCCCCCCCN. The number of ether oxygens (including phenoxy) is 1. The Morgan fingerprint density at radius 1 is 0.692 bits per heavy atom. The lowest BCUT2D eigenvalue weighted by Gasteiger charge is -2.19. The number of rotatable bonds is 15. The van der Waals surface area contributed by atoms with Gasteiger partial charge in [-0.3, -0.25) is 4.79 Å². The Kier molecular flexibility index (Phi) is 22.0. The number of esters is 1. The van der Waals surface area contributed by atoms with Gasteiger partial charge in [0.25, 0.3) is 0 Å². The first-order valence-electron chi connectivity index (χ1n) is 11.0. The van der Waals surface area contributed by atoms with Gasteiger partial charge in [0, 0.05) is 6.42 Å². The fourth-order valence-corrected chi connectivity index (χ4v) is 2.61. The van der Waals surface area contributed by atoms with Crippen molar-refractivity contribution in [1.82, 2.24) is 0 Å². The molecule has 0 bridgehead atoms. The minimum absolute atomic E-state index is 0.0546. The van der Waals surface area contributed by atoms with Crippen molar-refractivity contribution < 1.29 is 9.53 Å². The summed E-state index contributed by atoms with van der Waals surface area (Å²) in [6, 6.07) is 0. The van der Waals surface area contributed by atoms with E-state index in [9.17, 15) is 4.79 Å². The van der Waals surface area contributed by atoms with E-state index in [2.05, 4.69) is 6.92 Å². The standard InChI is InChI=1S/C14H28O2.C8H20N2/c1-5-6-7-8-9-10-11-12-13(15)16-14(2,3)4;9-7-5-3-1-2-4-6-8-10/h5-12H2,1-4H3;1-10H2. The Bertz CT molecular complexity index is 280. The van der Waals surface area contributed by atoms with E-state index >= 15 is 0 Å². The van der Waals surface area contributed by atoms with Crippen molar-refractivity contribution in [2.75, 3.05) is 13.1 Å². The Labute approximate surface area is 163 Å². The van der Waals surface area contributed by atoms with Crippen molar-refractivity contribution in [1.29, 1.82) is 0 Å². The van der Waals surface area contributed by atoms with E-state index in [0.29, 0.717) is 6.42 Å². The molecule has 4 N–H and O–H groups in total. The Balaban J connectivity index is 0. The van der Waals surface area contributed by atoms with Crippen LogP contribution in [0.3, 0.4) is 0 Å². The van der Waals surface area contributed by atoms with Gasteiger partial charge in [0.05, 0.1) is 0 Å². The summed E-state index contributed by atoms with van der Waals surface area (Å²) in [5.74, 6) is -0.0546. The lowest BCUT2D eigenvalue weighted by molar-refractivity contribution is -0.154. The summed E-state index contributed by atoms with van der Waals surface area (Å²) in [5.41, 5.74) is 10.4. The van der Waals surface area contributed by atoms with Crippen LogP contribution < -0.4 is 11.5 Å². The van der Waals surface area contributed by atoms with Gasteiger partial charge in [0.15, 0.2) is 0 Å². The highest BCUT2D eigenvalue weighted by molar-refractivity contribution is 5.69. The predicted octanol–water partition coefficient (Wildman–Crippen LogP) is 5.71. The second-order valence-corrected chi connectivity index (χ2v) is 8.16. The van der Waals surface area contributed by atoms with Gasteiger partial charge in [0.1, 0.15) is 5.60 Å². The van der Waals surface area contributed by atoms with Crippen molar-refractivity contribution in [3.8, 4) is 0 Å². The Morgan fingerprint density at radius 3 is 1.46 bits per heavy atom. The largest absolute Gasteiger partial charge is 0.460 e. The molecule has 0 saturated heterocycles. The highest BCUT2D eigenvalue weighted by Crippen LogP contribution is 2.12. The Morgan fingerprint density at radius 2 is 1.08 bits per heavy atom. The van der Waals surface area contributed by atoms with E-state index in [-0.39, 0.29) is 11.6 Å². The molecule has 0 rings (SSSR count). The summed E-state index contributed by atoms with van der Waals surface area (Å²) in [5, 5.41) is 0. The van der Waals surface area contributed by atoms with Crippen molar-refractivity contribution in [3.63, 3.8) is 0 Å². The normalized spacial score (nSPS) is 11.0. The van der Waals surface area contributed by atoms with Crippen LogP contribution >= 0.6 is 0 Å². The molecule has 26 heavy (non-hydrogen) atoms. The van der Waals surface area contributed by atoms with Crippen LogP contribution in [-0.4, -0.2) is 24.7 Å². The molecule has 4 nitrogen and oxygen atoms in total. The molecule has 0 radical (unpaired) electrons. The highest BCUT2D eigenvalue weighted by atomic mass is 16.6. The van der Waals surface area contributed by atoms with Crippen LogP contribution in [0.5, 0.6) is 0 Å². The monoisotopic (exact) mass is 372 g/mol. The summed E-state index contributed by atoms with van der Waals surface area (Å²) in [7, 11) is 0. The van der Waals surface area contributed by atoms with Gasteiger partial charge in [0.2, 0.25) is 0 Å². The van der Waals surface area contributed by atoms with Crippen LogP contribution in [0.15, 0.2) is 0 Å². The van der Waals surface area contributed by atoms with E-state index in [1.807, 2.05) is 20.8 Å². The molecule has 0 aromatic carbocycles. The maximum Gasteiger partial charge on any atom is 0.306 e. The van der Waals surface area contributed by atoms with Crippen LogP contribution in [-0.2, 0) is 9.53 Å². The molecule has 0 aliphatic rings. The fraction of sp³-hybridized carbons (Fsp3) is 0.955. The maximum absolute atomic E-state index is 11.4. The van der Waals surface area contributed by atoms with E-state index in [1.165, 1.54) is 70.6 Å². The second-order valence-electron chi connectivity index (χ2n) is 8.16. The quantitative estimate of drug-likeness (QED) is 0.285. The second kappa shape index (κ2) is 20.7. The number of hydrogen-bond acceptors (Lipinski definition) is 4. The molecule has 0 saturated carbocycles. The number of carbonyl (C=O) groups is 1. The van der Waals surface area contributed by atoms with Gasteiger partial charge in [-0.25, -0.2) is 0 Å². The molecule has 0 unspecified atom stereocenters. The van der Waals surface area contributed by atoms with Gasteiger partial charge >= 0.3 is 5.97 Å². The first kappa shape index (κ1) is 27.6. The fourth-order valence-electron chi connectivity index (χ4n) is 2.61. The van der Waals surface area contributed by atoms with Crippen molar-refractivity contribution in [2.24, 2.45) is 11.5 Å². The van der Waals surface area contributed by atoms with Crippen molar-refractivity contribution >= 4 is 5.97 Å². The van der Waals surface area contributed by atoms with Gasteiger partial charge in [-0.05, 0) is 53.1 Å². The topological polar surface area (TPSA) is 78.3 Å². The smallest absolute Gasteiger partial charge is 0.306 e. The molecule has 0 aliphatic carbocycles. The number of carbonyl (C=O) groups excluding carboxylic acids is 1. The lowest BCUT2D eigenvalue weighted by Crippen LogP contribution is -2.23. The zero-order chi connectivity index (χ0) is 20.1. The lowest BCUT2D eigenvalue weighted by atomic mass is 10.1. The van der Waals surface area contributed by atoms with Crippen molar-refractivity contribution in [2.45, 2.75) is 123 Å². The van der Waals surface area contributed by atoms with Crippen LogP contribution in [0.25, 0.3) is 0 Å². The minimum atomic E-state index is -0.335. The average molecular weight is 373 g/mol. The van der Waals surface area contributed by atoms with E-state index in [4.69, 9.17) is 16.2 Å². The van der Waals surface area contributed by atoms with E-state index in [0.717, 1.165) is 25.9 Å². The summed E-state index contributed by atoms with van der Waals surface area (Å²) in [6.07, 6.45) is 16.8. The average Bonchev–Trinajstić information content (AvgIpc) is 2.56. The molecule has 0 fully saturated rings. The molecule has 0 atom stereocenters. The number of hydrogen-bond donors (Lipinski definition) is 2.